The molecule has 0 saturated heterocycles. The average Bonchev–Trinajstić information content (AvgIpc) is 2.42. The fourth-order valence-corrected chi connectivity index (χ4v) is 2.34. The summed E-state index contributed by atoms with van der Waals surface area (Å²) in [7, 11) is 0. The maximum Gasteiger partial charge on any atom is 0.119 e. The number of hydrogen-bond donors (Lipinski definition) is 1. The minimum Gasteiger partial charge on any atom is -0.494 e. The van der Waals surface area contributed by atoms with E-state index in [1.165, 1.54) is 22.3 Å². The van der Waals surface area contributed by atoms with Crippen LogP contribution < -0.4 is 10.5 Å². The monoisotopic (exact) mass is 269 g/mol. The van der Waals surface area contributed by atoms with Gasteiger partial charge in [0.05, 0.1) is 6.61 Å². The summed E-state index contributed by atoms with van der Waals surface area (Å²) in [4.78, 5) is 0. The Morgan fingerprint density at radius 2 is 1.80 bits per heavy atom. The Hall–Kier alpha value is -1.80. The molecule has 0 heterocycles. The van der Waals surface area contributed by atoms with Crippen molar-refractivity contribution in [3.8, 4) is 5.75 Å². The summed E-state index contributed by atoms with van der Waals surface area (Å²) in [5.41, 5.74) is 11.3. The number of ether oxygens (including phenoxy) is 1. The summed E-state index contributed by atoms with van der Waals surface area (Å²) in [6.07, 6.45) is 0.818. The molecular formula is C18H23NO. The molecule has 0 aliphatic rings. The van der Waals surface area contributed by atoms with Gasteiger partial charge in [0.1, 0.15) is 5.75 Å². The second-order valence-electron chi connectivity index (χ2n) is 5.35. The molecule has 0 aliphatic carbocycles. The Bertz CT molecular complexity index is 577. The zero-order chi connectivity index (χ0) is 14.5. The lowest BCUT2D eigenvalue weighted by Gasteiger charge is -2.16. The second-order valence-corrected chi connectivity index (χ2v) is 5.35. The lowest BCUT2D eigenvalue weighted by molar-refractivity contribution is 0.298. The predicted molar refractivity (Wildman–Crippen MR) is 84.1 cm³/mol. The number of nitrogens with two attached hydrogens (primary N) is 1. The molecule has 0 aromatic heterocycles. The first-order valence-corrected chi connectivity index (χ1v) is 7.09. The van der Waals surface area contributed by atoms with E-state index in [2.05, 4.69) is 45.0 Å². The Morgan fingerprint density at radius 3 is 2.55 bits per heavy atom. The van der Waals surface area contributed by atoms with Crippen LogP contribution in [0.2, 0.25) is 0 Å². The molecule has 0 aliphatic heterocycles. The zero-order valence-corrected chi connectivity index (χ0v) is 12.5. The quantitative estimate of drug-likeness (QED) is 0.887. The van der Waals surface area contributed by atoms with Crippen LogP contribution in [0.15, 0.2) is 42.5 Å². The summed E-state index contributed by atoms with van der Waals surface area (Å²) >= 11 is 0. The van der Waals surface area contributed by atoms with Crippen LogP contribution in [0.25, 0.3) is 0 Å². The van der Waals surface area contributed by atoms with Crippen molar-refractivity contribution in [3.05, 3.63) is 64.7 Å². The summed E-state index contributed by atoms with van der Waals surface area (Å²) < 4.78 is 5.77. The molecule has 20 heavy (non-hydrogen) atoms. The molecule has 1 atom stereocenters. The normalized spacial score (nSPS) is 12.2. The van der Waals surface area contributed by atoms with Gasteiger partial charge < -0.3 is 10.5 Å². The van der Waals surface area contributed by atoms with Gasteiger partial charge in [-0.3, -0.25) is 0 Å². The van der Waals surface area contributed by atoms with Gasteiger partial charge in [0.2, 0.25) is 0 Å². The largest absolute Gasteiger partial charge is 0.494 e. The molecule has 0 bridgehead atoms. The van der Waals surface area contributed by atoms with Crippen LogP contribution in [-0.4, -0.2) is 6.61 Å². The van der Waals surface area contributed by atoms with Gasteiger partial charge in [-0.1, -0.05) is 30.3 Å². The SMILES string of the molecule is Cc1cccc(OCCC(N)c2cccc(C)c2C)c1. The van der Waals surface area contributed by atoms with E-state index < -0.39 is 0 Å². The van der Waals surface area contributed by atoms with E-state index in [9.17, 15) is 0 Å². The third kappa shape index (κ3) is 3.61. The predicted octanol–water partition coefficient (Wildman–Crippen LogP) is 4.08. The molecule has 1 unspecified atom stereocenters. The number of benzene rings is 2. The van der Waals surface area contributed by atoms with Gasteiger partial charge in [0, 0.05) is 12.5 Å². The van der Waals surface area contributed by atoms with Crippen molar-refractivity contribution in [3.63, 3.8) is 0 Å². The fourth-order valence-electron chi connectivity index (χ4n) is 2.34. The van der Waals surface area contributed by atoms with Crippen LogP contribution in [0.1, 0.15) is 34.7 Å². The first-order chi connectivity index (χ1) is 9.58. The van der Waals surface area contributed by atoms with Gasteiger partial charge in [0.25, 0.3) is 0 Å². The van der Waals surface area contributed by atoms with Gasteiger partial charge >= 0.3 is 0 Å². The molecule has 2 rings (SSSR count). The van der Waals surface area contributed by atoms with E-state index >= 15 is 0 Å². The molecule has 0 amide bonds. The Kier molecular flexibility index (Phi) is 4.80. The van der Waals surface area contributed by atoms with Gasteiger partial charge in [0.15, 0.2) is 0 Å². The lowest BCUT2D eigenvalue weighted by atomic mass is 9.96. The van der Waals surface area contributed by atoms with Crippen molar-refractivity contribution in [1.29, 1.82) is 0 Å². The third-order valence-electron chi connectivity index (χ3n) is 3.73. The average molecular weight is 269 g/mol. The number of hydrogen-bond acceptors (Lipinski definition) is 2. The minimum atomic E-state index is 0.0275. The van der Waals surface area contributed by atoms with E-state index in [4.69, 9.17) is 10.5 Å². The van der Waals surface area contributed by atoms with Crippen LogP contribution >= 0.6 is 0 Å². The van der Waals surface area contributed by atoms with Gasteiger partial charge in [-0.15, -0.1) is 0 Å². The number of aryl methyl sites for hydroxylation is 2. The van der Waals surface area contributed by atoms with Crippen LogP contribution in [-0.2, 0) is 0 Å². The molecule has 106 valence electrons. The Labute approximate surface area is 121 Å². The van der Waals surface area contributed by atoms with Crippen LogP contribution in [0.5, 0.6) is 5.75 Å². The van der Waals surface area contributed by atoms with E-state index in [-0.39, 0.29) is 6.04 Å². The fraction of sp³-hybridized carbons (Fsp3) is 0.333. The highest BCUT2D eigenvalue weighted by atomic mass is 16.5. The topological polar surface area (TPSA) is 35.2 Å². The molecule has 2 aromatic carbocycles. The highest BCUT2D eigenvalue weighted by Crippen LogP contribution is 2.21. The second kappa shape index (κ2) is 6.58. The van der Waals surface area contributed by atoms with Gasteiger partial charge in [-0.05, 0) is 55.2 Å². The van der Waals surface area contributed by atoms with E-state index in [1.807, 2.05) is 18.2 Å². The maximum absolute atomic E-state index is 6.28. The number of rotatable bonds is 5. The molecule has 2 N–H and O–H groups in total. The van der Waals surface area contributed by atoms with Crippen molar-refractivity contribution in [1.82, 2.24) is 0 Å². The standard InChI is InChI=1S/C18H23NO/c1-13-6-4-8-16(12-13)20-11-10-18(19)17-9-5-7-14(2)15(17)3/h4-9,12,18H,10-11,19H2,1-3H3. The summed E-state index contributed by atoms with van der Waals surface area (Å²) in [6, 6.07) is 14.4. The highest BCUT2D eigenvalue weighted by molar-refractivity contribution is 5.35. The van der Waals surface area contributed by atoms with Crippen LogP contribution in [0, 0.1) is 20.8 Å². The smallest absolute Gasteiger partial charge is 0.119 e. The lowest BCUT2D eigenvalue weighted by Crippen LogP contribution is -2.15. The first-order valence-electron chi connectivity index (χ1n) is 7.09. The van der Waals surface area contributed by atoms with E-state index in [0.29, 0.717) is 6.61 Å². The molecule has 2 aromatic rings. The summed E-state index contributed by atoms with van der Waals surface area (Å²) in [6.45, 7) is 6.95. The molecule has 0 radical (unpaired) electrons. The van der Waals surface area contributed by atoms with Crippen molar-refractivity contribution < 1.29 is 4.74 Å². The van der Waals surface area contributed by atoms with E-state index in [1.54, 1.807) is 0 Å². The van der Waals surface area contributed by atoms with Crippen molar-refractivity contribution in [2.75, 3.05) is 6.61 Å². The summed E-state index contributed by atoms with van der Waals surface area (Å²) in [5, 5.41) is 0. The van der Waals surface area contributed by atoms with Crippen LogP contribution in [0.4, 0.5) is 0 Å². The maximum atomic E-state index is 6.28. The molecule has 2 nitrogen and oxygen atoms in total. The van der Waals surface area contributed by atoms with Gasteiger partial charge in [-0.2, -0.15) is 0 Å². The first kappa shape index (κ1) is 14.6. The Balaban J connectivity index is 1.92. The highest BCUT2D eigenvalue weighted by Gasteiger charge is 2.10. The zero-order valence-electron chi connectivity index (χ0n) is 12.5. The van der Waals surface area contributed by atoms with E-state index in [0.717, 1.165) is 12.2 Å². The molecular weight excluding hydrogens is 246 g/mol. The molecule has 0 fully saturated rings. The molecule has 2 heteroatoms. The van der Waals surface area contributed by atoms with Crippen LogP contribution in [0.3, 0.4) is 0 Å². The van der Waals surface area contributed by atoms with Crippen molar-refractivity contribution in [2.24, 2.45) is 5.73 Å². The van der Waals surface area contributed by atoms with Crippen molar-refractivity contribution in [2.45, 2.75) is 33.2 Å². The third-order valence-corrected chi connectivity index (χ3v) is 3.73. The van der Waals surface area contributed by atoms with Gasteiger partial charge in [-0.25, -0.2) is 0 Å². The Morgan fingerprint density at radius 1 is 1.05 bits per heavy atom. The molecule has 0 spiro atoms. The summed E-state index contributed by atoms with van der Waals surface area (Å²) in [5.74, 6) is 0.915. The van der Waals surface area contributed by atoms with Crippen molar-refractivity contribution >= 4 is 0 Å². The minimum absolute atomic E-state index is 0.0275. The molecule has 0 saturated carbocycles.